The highest BCUT2D eigenvalue weighted by atomic mass is 35.5. The third-order valence-electron chi connectivity index (χ3n) is 3.83. The summed E-state index contributed by atoms with van der Waals surface area (Å²) < 4.78 is 21.5. The van der Waals surface area contributed by atoms with Crippen molar-refractivity contribution in [1.29, 1.82) is 0 Å². The second-order valence-corrected chi connectivity index (χ2v) is 6.33. The molecular weight excluding hydrogens is 355 g/mol. The predicted molar refractivity (Wildman–Crippen MR) is 86.9 cm³/mol. The van der Waals surface area contributed by atoms with Crippen molar-refractivity contribution >= 4 is 29.2 Å². The van der Waals surface area contributed by atoms with Crippen molar-refractivity contribution < 1.29 is 23.7 Å². The summed E-state index contributed by atoms with van der Waals surface area (Å²) in [5.41, 5.74) is 1.62. The van der Waals surface area contributed by atoms with E-state index in [1.807, 2.05) is 0 Å². The molecule has 0 aliphatic carbocycles. The Labute approximate surface area is 148 Å². The maximum absolute atomic E-state index is 12.2. The molecule has 0 amide bonds. The van der Waals surface area contributed by atoms with Gasteiger partial charge in [-0.2, -0.15) is 0 Å². The topological polar surface area (TPSA) is 54.0 Å². The Kier molecular flexibility index (Phi) is 3.90. The third kappa shape index (κ3) is 2.85. The van der Waals surface area contributed by atoms with E-state index in [1.54, 1.807) is 30.3 Å². The number of benzene rings is 2. The Bertz CT molecular complexity index is 821. The molecule has 0 saturated heterocycles. The summed E-state index contributed by atoms with van der Waals surface area (Å²) in [5.74, 6) is 1.29. The molecule has 2 aromatic carbocycles. The Balaban J connectivity index is 1.40. The molecule has 0 aromatic heterocycles. The Morgan fingerprint density at radius 2 is 2.04 bits per heavy atom. The van der Waals surface area contributed by atoms with Crippen LogP contribution in [-0.4, -0.2) is 18.9 Å². The minimum Gasteiger partial charge on any atom is -0.478 e. The van der Waals surface area contributed by atoms with Gasteiger partial charge in [-0.1, -0.05) is 23.2 Å². The van der Waals surface area contributed by atoms with Gasteiger partial charge in [0.2, 0.25) is 6.79 Å². The monoisotopic (exact) mass is 366 g/mol. The summed E-state index contributed by atoms with van der Waals surface area (Å²) in [4.78, 5) is 12.2. The highest BCUT2D eigenvalue weighted by molar-refractivity contribution is 6.32. The predicted octanol–water partition coefficient (Wildman–Crippen LogP) is 3.77. The van der Waals surface area contributed by atoms with Crippen molar-refractivity contribution in [3.8, 4) is 17.2 Å². The minimum atomic E-state index is -0.664. The summed E-state index contributed by atoms with van der Waals surface area (Å²) >= 11 is 12.1. The van der Waals surface area contributed by atoms with E-state index in [-0.39, 0.29) is 13.4 Å². The zero-order chi connectivity index (χ0) is 16.7. The first-order chi connectivity index (χ1) is 11.6. The number of carbonyl (C=O) groups is 1. The summed E-state index contributed by atoms with van der Waals surface area (Å²) in [6.07, 6.45) is -0.223. The molecule has 1 atom stereocenters. The van der Waals surface area contributed by atoms with Crippen LogP contribution in [0.15, 0.2) is 30.3 Å². The fourth-order valence-electron chi connectivity index (χ4n) is 2.70. The number of esters is 1. The minimum absolute atomic E-state index is 0.0756. The summed E-state index contributed by atoms with van der Waals surface area (Å²) in [6, 6.07) is 8.70. The number of carbonyl (C=O) groups excluding carboxylic acids is 1. The van der Waals surface area contributed by atoms with Crippen LogP contribution in [0.25, 0.3) is 0 Å². The summed E-state index contributed by atoms with van der Waals surface area (Å²) in [7, 11) is 0. The number of ether oxygens (including phenoxy) is 4. The highest BCUT2D eigenvalue weighted by Gasteiger charge is 2.30. The summed E-state index contributed by atoms with van der Waals surface area (Å²) in [5, 5.41) is 1.04. The van der Waals surface area contributed by atoms with Crippen LogP contribution in [0.2, 0.25) is 10.0 Å². The molecule has 5 nitrogen and oxygen atoms in total. The van der Waals surface area contributed by atoms with Gasteiger partial charge in [0.15, 0.2) is 17.6 Å². The van der Waals surface area contributed by atoms with Crippen LogP contribution in [0.4, 0.5) is 0 Å². The van der Waals surface area contributed by atoms with Crippen LogP contribution in [0.5, 0.6) is 17.2 Å². The molecule has 0 spiro atoms. The zero-order valence-electron chi connectivity index (χ0n) is 12.4. The molecule has 0 N–H and O–H groups in total. The fraction of sp³-hybridized carbons (Fsp3) is 0.235. The highest BCUT2D eigenvalue weighted by Crippen LogP contribution is 2.40. The third-order valence-corrected chi connectivity index (χ3v) is 4.34. The summed E-state index contributed by atoms with van der Waals surface area (Å²) in [6.45, 7) is 0.210. The van der Waals surface area contributed by atoms with Crippen molar-refractivity contribution in [3.05, 3.63) is 51.5 Å². The first-order valence-corrected chi connectivity index (χ1v) is 8.05. The van der Waals surface area contributed by atoms with Gasteiger partial charge in [-0.3, -0.25) is 0 Å². The van der Waals surface area contributed by atoms with Gasteiger partial charge in [-0.25, -0.2) is 4.79 Å². The fourth-order valence-corrected chi connectivity index (χ4v) is 3.18. The van der Waals surface area contributed by atoms with Gasteiger partial charge in [0.05, 0.1) is 5.02 Å². The van der Waals surface area contributed by atoms with Gasteiger partial charge in [-0.15, -0.1) is 0 Å². The van der Waals surface area contributed by atoms with Gasteiger partial charge < -0.3 is 18.9 Å². The van der Waals surface area contributed by atoms with E-state index in [0.29, 0.717) is 33.7 Å². The molecular formula is C17H12Cl2O5. The van der Waals surface area contributed by atoms with E-state index in [9.17, 15) is 4.79 Å². The molecule has 2 heterocycles. The van der Waals surface area contributed by atoms with E-state index < -0.39 is 12.1 Å². The van der Waals surface area contributed by atoms with Crippen LogP contribution in [0.3, 0.4) is 0 Å². The zero-order valence-corrected chi connectivity index (χ0v) is 13.9. The molecule has 0 fully saturated rings. The molecule has 4 rings (SSSR count). The van der Waals surface area contributed by atoms with Crippen LogP contribution >= 0.6 is 23.2 Å². The van der Waals surface area contributed by atoms with E-state index in [0.717, 1.165) is 11.1 Å². The molecule has 2 aliphatic rings. The average Bonchev–Trinajstić information content (AvgIpc) is 3.18. The quantitative estimate of drug-likeness (QED) is 0.773. The van der Waals surface area contributed by atoms with Gasteiger partial charge in [0.25, 0.3) is 0 Å². The van der Waals surface area contributed by atoms with Gasteiger partial charge in [0.1, 0.15) is 12.4 Å². The molecule has 2 aromatic rings. The smallest absolute Gasteiger partial charge is 0.348 e. The number of fused-ring (bicyclic) bond motifs is 2. The lowest BCUT2D eigenvalue weighted by molar-refractivity contribution is -0.152. The van der Waals surface area contributed by atoms with E-state index in [1.165, 1.54) is 0 Å². The van der Waals surface area contributed by atoms with Crippen molar-refractivity contribution in [1.82, 2.24) is 0 Å². The van der Waals surface area contributed by atoms with Crippen molar-refractivity contribution in [2.75, 3.05) is 6.79 Å². The lowest BCUT2D eigenvalue weighted by Gasteiger charge is -2.11. The standard InChI is InChI=1S/C17H12Cl2O5/c18-11-1-2-13-10(5-11)6-15(24-13)17(20)21-7-9-3-12(19)16-14(4-9)22-8-23-16/h1-5,15H,6-8H2/t15-/m0/s1. The maximum Gasteiger partial charge on any atom is 0.348 e. The molecule has 24 heavy (non-hydrogen) atoms. The van der Waals surface area contributed by atoms with Crippen molar-refractivity contribution in [2.45, 2.75) is 19.1 Å². The number of hydrogen-bond acceptors (Lipinski definition) is 5. The second-order valence-electron chi connectivity index (χ2n) is 5.48. The Morgan fingerprint density at radius 3 is 2.92 bits per heavy atom. The number of hydrogen-bond donors (Lipinski definition) is 0. The molecule has 0 unspecified atom stereocenters. The normalized spacial score (nSPS) is 17.3. The Morgan fingerprint density at radius 1 is 1.17 bits per heavy atom. The molecule has 7 heteroatoms. The van der Waals surface area contributed by atoms with E-state index in [2.05, 4.69) is 0 Å². The van der Waals surface area contributed by atoms with Gasteiger partial charge in [0, 0.05) is 11.4 Å². The van der Waals surface area contributed by atoms with Crippen LogP contribution < -0.4 is 14.2 Å². The molecule has 124 valence electrons. The van der Waals surface area contributed by atoms with Crippen LogP contribution in [0.1, 0.15) is 11.1 Å². The molecule has 0 radical (unpaired) electrons. The SMILES string of the molecule is O=C(OCc1cc(Cl)c2c(c1)OCO2)[C@@H]1Cc2cc(Cl)ccc2O1. The maximum atomic E-state index is 12.2. The molecule has 2 aliphatic heterocycles. The van der Waals surface area contributed by atoms with Gasteiger partial charge >= 0.3 is 5.97 Å². The number of halogens is 2. The second kappa shape index (κ2) is 6.07. The lowest BCUT2D eigenvalue weighted by atomic mass is 10.1. The average molecular weight is 367 g/mol. The first-order valence-electron chi connectivity index (χ1n) is 7.30. The van der Waals surface area contributed by atoms with E-state index in [4.69, 9.17) is 42.1 Å². The van der Waals surface area contributed by atoms with Gasteiger partial charge in [-0.05, 0) is 41.5 Å². The molecule has 0 bridgehead atoms. The largest absolute Gasteiger partial charge is 0.478 e. The molecule has 0 saturated carbocycles. The Hall–Kier alpha value is -2.11. The van der Waals surface area contributed by atoms with Crippen LogP contribution in [-0.2, 0) is 22.6 Å². The number of rotatable bonds is 3. The lowest BCUT2D eigenvalue weighted by Crippen LogP contribution is -2.27. The van der Waals surface area contributed by atoms with E-state index >= 15 is 0 Å². The van der Waals surface area contributed by atoms with Crippen molar-refractivity contribution in [3.63, 3.8) is 0 Å². The van der Waals surface area contributed by atoms with Crippen LogP contribution in [0, 0.1) is 0 Å². The van der Waals surface area contributed by atoms with Crippen molar-refractivity contribution in [2.24, 2.45) is 0 Å². The first kappa shape index (κ1) is 15.4.